The number of aryl methyl sites for hydroxylation is 2. The van der Waals surface area contributed by atoms with Crippen molar-refractivity contribution in [3.63, 3.8) is 0 Å². The number of aromatic nitrogens is 4. The lowest BCUT2D eigenvalue weighted by Gasteiger charge is -2.35. The molecule has 130 valence electrons. The Kier molecular flexibility index (Phi) is 5.29. The van der Waals surface area contributed by atoms with E-state index in [4.69, 9.17) is 4.98 Å². The van der Waals surface area contributed by atoms with Crippen molar-refractivity contribution in [2.45, 2.75) is 65.5 Å². The number of nitrogens with zero attached hydrogens (tertiary/aromatic N) is 5. The minimum Gasteiger partial charge on any atom is -0.300 e. The fourth-order valence-electron chi connectivity index (χ4n) is 3.59. The van der Waals surface area contributed by atoms with Gasteiger partial charge in [-0.15, -0.1) is 0 Å². The van der Waals surface area contributed by atoms with Crippen LogP contribution in [0.4, 0.5) is 0 Å². The molecule has 0 N–H and O–H groups in total. The Balaban J connectivity index is 1.90. The van der Waals surface area contributed by atoms with Crippen LogP contribution in [-0.2, 0) is 6.54 Å². The molecule has 1 fully saturated rings. The van der Waals surface area contributed by atoms with Crippen LogP contribution in [0.15, 0.2) is 18.3 Å². The lowest BCUT2D eigenvalue weighted by atomic mass is 9.93. The zero-order valence-electron chi connectivity index (χ0n) is 15.4. The molecular formula is C19H29N5. The standard InChI is InChI=1S/C19H29N5/c1-5-10-24-19(8-9-20-24)18-12-17(21-15(4)22-18)16-7-6-11-23(13-16)14(2)3/h8-9,12,14,16H,5-7,10-11,13H2,1-4H3/t16-/m0/s1. The van der Waals surface area contributed by atoms with Gasteiger partial charge in [0.2, 0.25) is 0 Å². The van der Waals surface area contributed by atoms with Crippen molar-refractivity contribution in [3.8, 4) is 11.4 Å². The third kappa shape index (κ3) is 3.66. The summed E-state index contributed by atoms with van der Waals surface area (Å²) in [6, 6.07) is 4.84. The third-order valence-electron chi connectivity index (χ3n) is 4.87. The van der Waals surface area contributed by atoms with Crippen LogP contribution in [0.1, 0.15) is 57.5 Å². The summed E-state index contributed by atoms with van der Waals surface area (Å²) in [5.74, 6) is 1.36. The SMILES string of the molecule is CCCn1nccc1-c1cc([C@H]2CCCN(C(C)C)C2)nc(C)n1. The molecule has 0 bridgehead atoms. The summed E-state index contributed by atoms with van der Waals surface area (Å²) in [5.41, 5.74) is 3.29. The van der Waals surface area contributed by atoms with Gasteiger partial charge >= 0.3 is 0 Å². The van der Waals surface area contributed by atoms with E-state index in [1.165, 1.54) is 25.1 Å². The van der Waals surface area contributed by atoms with E-state index in [1.54, 1.807) is 0 Å². The summed E-state index contributed by atoms with van der Waals surface area (Å²) >= 11 is 0. The van der Waals surface area contributed by atoms with E-state index < -0.39 is 0 Å². The Morgan fingerprint density at radius 1 is 1.29 bits per heavy atom. The number of likely N-dealkylation sites (tertiary alicyclic amines) is 1. The molecule has 24 heavy (non-hydrogen) atoms. The maximum Gasteiger partial charge on any atom is 0.126 e. The van der Waals surface area contributed by atoms with Gasteiger partial charge in [0, 0.05) is 36.9 Å². The van der Waals surface area contributed by atoms with Crippen molar-refractivity contribution in [1.82, 2.24) is 24.6 Å². The van der Waals surface area contributed by atoms with Crippen LogP contribution in [0.2, 0.25) is 0 Å². The van der Waals surface area contributed by atoms with Gasteiger partial charge in [-0.25, -0.2) is 9.97 Å². The summed E-state index contributed by atoms with van der Waals surface area (Å²) in [6.07, 6.45) is 5.39. The van der Waals surface area contributed by atoms with E-state index in [0.29, 0.717) is 12.0 Å². The van der Waals surface area contributed by atoms with Gasteiger partial charge in [-0.1, -0.05) is 6.92 Å². The molecule has 0 aliphatic carbocycles. The van der Waals surface area contributed by atoms with Crippen LogP contribution in [0, 0.1) is 6.92 Å². The van der Waals surface area contributed by atoms with Gasteiger partial charge in [0.25, 0.3) is 0 Å². The van der Waals surface area contributed by atoms with Gasteiger partial charge in [0.1, 0.15) is 5.82 Å². The molecule has 3 heterocycles. The van der Waals surface area contributed by atoms with Crippen LogP contribution < -0.4 is 0 Å². The molecule has 0 unspecified atom stereocenters. The first-order chi connectivity index (χ1) is 11.6. The minimum absolute atomic E-state index is 0.504. The van der Waals surface area contributed by atoms with E-state index in [-0.39, 0.29) is 0 Å². The van der Waals surface area contributed by atoms with Gasteiger partial charge < -0.3 is 4.90 Å². The average molecular weight is 327 g/mol. The average Bonchev–Trinajstić information content (AvgIpc) is 3.03. The molecule has 3 rings (SSSR count). The number of rotatable bonds is 5. The number of hydrogen-bond acceptors (Lipinski definition) is 4. The van der Waals surface area contributed by atoms with E-state index in [0.717, 1.165) is 36.7 Å². The maximum absolute atomic E-state index is 4.77. The molecule has 0 aromatic carbocycles. The summed E-state index contributed by atoms with van der Waals surface area (Å²) in [7, 11) is 0. The fourth-order valence-corrected chi connectivity index (χ4v) is 3.59. The molecule has 1 aliphatic heterocycles. The Morgan fingerprint density at radius 3 is 2.88 bits per heavy atom. The molecular weight excluding hydrogens is 298 g/mol. The molecule has 1 atom stereocenters. The molecule has 2 aromatic rings. The van der Waals surface area contributed by atoms with Crippen LogP contribution in [-0.4, -0.2) is 43.8 Å². The second-order valence-electron chi connectivity index (χ2n) is 7.09. The highest BCUT2D eigenvalue weighted by atomic mass is 15.3. The lowest BCUT2D eigenvalue weighted by Crippen LogP contribution is -2.39. The zero-order valence-corrected chi connectivity index (χ0v) is 15.4. The van der Waals surface area contributed by atoms with Gasteiger partial charge in [0.05, 0.1) is 11.4 Å². The van der Waals surface area contributed by atoms with Gasteiger partial charge in [-0.2, -0.15) is 5.10 Å². The first-order valence-corrected chi connectivity index (χ1v) is 9.20. The fraction of sp³-hybridized carbons (Fsp3) is 0.632. The summed E-state index contributed by atoms with van der Waals surface area (Å²) in [4.78, 5) is 12.0. The molecule has 0 radical (unpaired) electrons. The Bertz CT molecular complexity index is 676. The molecule has 5 heteroatoms. The first kappa shape index (κ1) is 17.1. The van der Waals surface area contributed by atoms with Gasteiger partial charge in [0.15, 0.2) is 0 Å². The summed E-state index contributed by atoms with van der Waals surface area (Å²) < 4.78 is 2.05. The maximum atomic E-state index is 4.77. The second kappa shape index (κ2) is 7.43. The Labute approximate surface area is 145 Å². The molecule has 0 spiro atoms. The van der Waals surface area contributed by atoms with Crippen molar-refractivity contribution in [3.05, 3.63) is 29.8 Å². The van der Waals surface area contributed by atoms with Crippen molar-refractivity contribution in [1.29, 1.82) is 0 Å². The van der Waals surface area contributed by atoms with Crippen molar-refractivity contribution in [2.24, 2.45) is 0 Å². The molecule has 5 nitrogen and oxygen atoms in total. The van der Waals surface area contributed by atoms with Gasteiger partial charge in [-0.3, -0.25) is 4.68 Å². The topological polar surface area (TPSA) is 46.8 Å². The Morgan fingerprint density at radius 2 is 2.12 bits per heavy atom. The molecule has 0 amide bonds. The quantitative estimate of drug-likeness (QED) is 0.841. The molecule has 2 aromatic heterocycles. The predicted octanol–water partition coefficient (Wildman–Crippen LogP) is 3.65. The highest BCUT2D eigenvalue weighted by molar-refractivity contribution is 5.54. The summed E-state index contributed by atoms with van der Waals surface area (Å²) in [6.45, 7) is 12.0. The highest BCUT2D eigenvalue weighted by Crippen LogP contribution is 2.29. The van der Waals surface area contributed by atoms with E-state index >= 15 is 0 Å². The largest absolute Gasteiger partial charge is 0.300 e. The smallest absolute Gasteiger partial charge is 0.126 e. The van der Waals surface area contributed by atoms with E-state index in [1.807, 2.05) is 17.8 Å². The normalized spacial score (nSPS) is 19.1. The van der Waals surface area contributed by atoms with E-state index in [9.17, 15) is 0 Å². The predicted molar refractivity (Wildman–Crippen MR) is 97.0 cm³/mol. The molecule has 1 aliphatic rings. The molecule has 0 saturated carbocycles. The lowest BCUT2D eigenvalue weighted by molar-refractivity contribution is 0.166. The minimum atomic E-state index is 0.504. The van der Waals surface area contributed by atoms with E-state index in [2.05, 4.69) is 47.9 Å². The molecule has 1 saturated heterocycles. The van der Waals surface area contributed by atoms with Crippen LogP contribution >= 0.6 is 0 Å². The van der Waals surface area contributed by atoms with Crippen LogP contribution in [0.5, 0.6) is 0 Å². The zero-order chi connectivity index (χ0) is 17.1. The highest BCUT2D eigenvalue weighted by Gasteiger charge is 2.25. The Hall–Kier alpha value is -1.75. The second-order valence-corrected chi connectivity index (χ2v) is 7.09. The van der Waals surface area contributed by atoms with Crippen LogP contribution in [0.3, 0.4) is 0 Å². The van der Waals surface area contributed by atoms with Crippen LogP contribution in [0.25, 0.3) is 11.4 Å². The van der Waals surface area contributed by atoms with Crippen molar-refractivity contribution >= 4 is 0 Å². The number of hydrogen-bond donors (Lipinski definition) is 0. The summed E-state index contributed by atoms with van der Waals surface area (Å²) in [5, 5.41) is 4.44. The monoisotopic (exact) mass is 327 g/mol. The number of piperidine rings is 1. The third-order valence-corrected chi connectivity index (χ3v) is 4.87. The first-order valence-electron chi connectivity index (χ1n) is 9.20. The van der Waals surface area contributed by atoms with Gasteiger partial charge in [-0.05, 0) is 58.7 Å². The van der Waals surface area contributed by atoms with Crippen molar-refractivity contribution in [2.75, 3.05) is 13.1 Å². The van der Waals surface area contributed by atoms with Crippen molar-refractivity contribution < 1.29 is 0 Å².